The van der Waals surface area contributed by atoms with E-state index >= 15 is 0 Å². The Morgan fingerprint density at radius 3 is 2.47 bits per heavy atom. The van der Waals surface area contributed by atoms with Crippen molar-refractivity contribution in [3.8, 4) is 17.2 Å². The van der Waals surface area contributed by atoms with Crippen LogP contribution in [-0.4, -0.2) is 61.2 Å². The highest BCUT2D eigenvalue weighted by atomic mass is 16.7. The molecule has 32 heavy (non-hydrogen) atoms. The van der Waals surface area contributed by atoms with Gasteiger partial charge in [-0.05, 0) is 56.0 Å². The van der Waals surface area contributed by atoms with E-state index in [-0.39, 0.29) is 18.6 Å². The maximum Gasteiger partial charge on any atom is 0.254 e. The maximum absolute atomic E-state index is 12.9. The standard InChI is InChI=1S/C25H30N2O5/c1-18-6-3-7-19(2)24(18)30-15-4-8-23(28)26-11-5-12-27(14-13-26)25(29)20-9-10-21-22(16-20)32-17-31-21/h3,6-7,9-10,16H,4-5,8,11-15,17H2,1-2H3. The van der Waals surface area contributed by atoms with Crippen LogP contribution in [0.15, 0.2) is 36.4 Å². The minimum atomic E-state index is -0.0420. The van der Waals surface area contributed by atoms with Crippen LogP contribution in [0.3, 0.4) is 0 Å². The van der Waals surface area contributed by atoms with E-state index in [0.29, 0.717) is 62.7 Å². The summed E-state index contributed by atoms with van der Waals surface area (Å²) in [5.74, 6) is 2.25. The van der Waals surface area contributed by atoms with Gasteiger partial charge in [0.25, 0.3) is 5.91 Å². The van der Waals surface area contributed by atoms with E-state index in [4.69, 9.17) is 14.2 Å². The highest BCUT2D eigenvalue weighted by Gasteiger charge is 2.24. The number of hydrogen-bond acceptors (Lipinski definition) is 5. The minimum absolute atomic E-state index is 0.0420. The number of hydrogen-bond donors (Lipinski definition) is 0. The van der Waals surface area contributed by atoms with E-state index in [1.807, 2.05) is 41.8 Å². The Bertz CT molecular complexity index is 970. The van der Waals surface area contributed by atoms with Gasteiger partial charge in [0.05, 0.1) is 6.61 Å². The zero-order valence-electron chi connectivity index (χ0n) is 18.8. The van der Waals surface area contributed by atoms with E-state index in [1.54, 1.807) is 18.2 Å². The third-order valence-corrected chi connectivity index (χ3v) is 5.95. The summed E-state index contributed by atoms with van der Waals surface area (Å²) in [5, 5.41) is 0. The molecule has 2 amide bonds. The van der Waals surface area contributed by atoms with E-state index in [0.717, 1.165) is 23.3 Å². The fourth-order valence-corrected chi connectivity index (χ4v) is 4.16. The molecule has 0 saturated carbocycles. The van der Waals surface area contributed by atoms with Crippen molar-refractivity contribution in [2.45, 2.75) is 33.1 Å². The third-order valence-electron chi connectivity index (χ3n) is 5.95. The Hall–Kier alpha value is -3.22. The van der Waals surface area contributed by atoms with Gasteiger partial charge in [-0.1, -0.05) is 18.2 Å². The second-order valence-electron chi connectivity index (χ2n) is 8.27. The Morgan fingerprint density at radius 1 is 0.938 bits per heavy atom. The van der Waals surface area contributed by atoms with Crippen molar-refractivity contribution in [3.63, 3.8) is 0 Å². The van der Waals surface area contributed by atoms with E-state index in [2.05, 4.69) is 0 Å². The van der Waals surface area contributed by atoms with Crippen LogP contribution < -0.4 is 14.2 Å². The van der Waals surface area contributed by atoms with Gasteiger partial charge < -0.3 is 24.0 Å². The average molecular weight is 439 g/mol. The Labute approximate surface area is 188 Å². The molecule has 2 aromatic carbocycles. The number of rotatable bonds is 6. The normalized spacial score (nSPS) is 15.4. The second kappa shape index (κ2) is 9.94. The molecule has 2 aliphatic rings. The van der Waals surface area contributed by atoms with Crippen molar-refractivity contribution in [1.82, 2.24) is 9.80 Å². The van der Waals surface area contributed by atoms with E-state index in [1.165, 1.54) is 0 Å². The number of carbonyl (C=O) groups is 2. The van der Waals surface area contributed by atoms with Gasteiger partial charge >= 0.3 is 0 Å². The molecule has 1 fully saturated rings. The number of nitrogens with zero attached hydrogens (tertiary/aromatic N) is 2. The van der Waals surface area contributed by atoms with Crippen LogP contribution in [0.1, 0.15) is 40.7 Å². The first-order chi connectivity index (χ1) is 15.5. The van der Waals surface area contributed by atoms with Gasteiger partial charge in [-0.2, -0.15) is 0 Å². The van der Waals surface area contributed by atoms with Crippen molar-refractivity contribution < 1.29 is 23.8 Å². The predicted molar refractivity (Wildman–Crippen MR) is 120 cm³/mol. The van der Waals surface area contributed by atoms with Crippen LogP contribution in [0.2, 0.25) is 0 Å². The second-order valence-corrected chi connectivity index (χ2v) is 8.27. The molecule has 4 rings (SSSR count). The predicted octanol–water partition coefficient (Wildman–Crippen LogP) is 3.57. The van der Waals surface area contributed by atoms with Crippen molar-refractivity contribution in [2.24, 2.45) is 0 Å². The molecular formula is C25H30N2O5. The lowest BCUT2D eigenvalue weighted by Gasteiger charge is -2.22. The van der Waals surface area contributed by atoms with Gasteiger partial charge in [0.15, 0.2) is 11.5 Å². The summed E-state index contributed by atoms with van der Waals surface area (Å²) in [6, 6.07) is 11.3. The Kier molecular flexibility index (Phi) is 6.83. The summed E-state index contributed by atoms with van der Waals surface area (Å²) in [7, 11) is 0. The molecule has 0 atom stereocenters. The number of aryl methyl sites for hydroxylation is 2. The summed E-state index contributed by atoms with van der Waals surface area (Å²) in [5.41, 5.74) is 2.80. The molecule has 170 valence electrons. The van der Waals surface area contributed by atoms with Crippen LogP contribution in [-0.2, 0) is 4.79 Å². The fraction of sp³-hybridized carbons (Fsp3) is 0.440. The van der Waals surface area contributed by atoms with Crippen LogP contribution in [0, 0.1) is 13.8 Å². The molecule has 7 nitrogen and oxygen atoms in total. The summed E-state index contributed by atoms with van der Waals surface area (Å²) >= 11 is 0. The summed E-state index contributed by atoms with van der Waals surface area (Å²) < 4.78 is 16.6. The minimum Gasteiger partial charge on any atom is -0.493 e. The SMILES string of the molecule is Cc1cccc(C)c1OCCCC(=O)N1CCCN(C(=O)c2ccc3c(c2)OCO3)CC1. The molecule has 1 saturated heterocycles. The van der Waals surface area contributed by atoms with Crippen LogP contribution >= 0.6 is 0 Å². The molecule has 2 aliphatic heterocycles. The average Bonchev–Trinajstić information content (AvgIpc) is 3.12. The van der Waals surface area contributed by atoms with E-state index in [9.17, 15) is 9.59 Å². The van der Waals surface area contributed by atoms with Crippen molar-refractivity contribution >= 4 is 11.8 Å². The van der Waals surface area contributed by atoms with Crippen LogP contribution in [0.5, 0.6) is 17.2 Å². The van der Waals surface area contributed by atoms with E-state index < -0.39 is 0 Å². The molecule has 7 heteroatoms. The molecule has 0 aromatic heterocycles. The maximum atomic E-state index is 12.9. The van der Waals surface area contributed by atoms with Crippen LogP contribution in [0.25, 0.3) is 0 Å². The van der Waals surface area contributed by atoms with Gasteiger partial charge in [-0.3, -0.25) is 9.59 Å². The highest BCUT2D eigenvalue weighted by molar-refractivity contribution is 5.95. The molecule has 0 unspecified atom stereocenters. The Balaban J connectivity index is 1.24. The molecule has 0 aliphatic carbocycles. The fourth-order valence-electron chi connectivity index (χ4n) is 4.16. The Morgan fingerprint density at radius 2 is 1.66 bits per heavy atom. The lowest BCUT2D eigenvalue weighted by atomic mass is 10.1. The quantitative estimate of drug-likeness (QED) is 0.645. The summed E-state index contributed by atoms with van der Waals surface area (Å²) in [6.07, 6.45) is 1.88. The van der Waals surface area contributed by atoms with Crippen molar-refractivity contribution in [2.75, 3.05) is 39.6 Å². The summed E-state index contributed by atoms with van der Waals surface area (Å²) in [4.78, 5) is 29.3. The number of ether oxygens (including phenoxy) is 3. The topological polar surface area (TPSA) is 68.3 Å². The molecule has 2 aromatic rings. The molecule has 0 N–H and O–H groups in total. The zero-order chi connectivity index (χ0) is 22.5. The van der Waals surface area contributed by atoms with Gasteiger partial charge in [0.1, 0.15) is 5.75 Å². The molecule has 0 radical (unpaired) electrons. The number of benzene rings is 2. The number of carbonyl (C=O) groups excluding carboxylic acids is 2. The van der Waals surface area contributed by atoms with Gasteiger partial charge in [-0.25, -0.2) is 0 Å². The number of para-hydroxylation sites is 1. The molecule has 0 bridgehead atoms. The largest absolute Gasteiger partial charge is 0.493 e. The number of fused-ring (bicyclic) bond motifs is 1. The van der Waals surface area contributed by atoms with Crippen LogP contribution in [0.4, 0.5) is 0 Å². The first-order valence-corrected chi connectivity index (χ1v) is 11.2. The summed E-state index contributed by atoms with van der Waals surface area (Å²) in [6.45, 7) is 7.13. The zero-order valence-corrected chi connectivity index (χ0v) is 18.8. The highest BCUT2D eigenvalue weighted by Crippen LogP contribution is 2.33. The first-order valence-electron chi connectivity index (χ1n) is 11.2. The number of amides is 2. The molecular weight excluding hydrogens is 408 g/mol. The van der Waals surface area contributed by atoms with Gasteiger partial charge in [0.2, 0.25) is 12.7 Å². The van der Waals surface area contributed by atoms with Gasteiger partial charge in [-0.15, -0.1) is 0 Å². The molecule has 0 spiro atoms. The lowest BCUT2D eigenvalue weighted by Crippen LogP contribution is -2.37. The molecule has 2 heterocycles. The first kappa shape index (κ1) is 22.0. The van der Waals surface area contributed by atoms with Crippen molar-refractivity contribution in [1.29, 1.82) is 0 Å². The van der Waals surface area contributed by atoms with Gasteiger partial charge in [0, 0.05) is 38.2 Å². The lowest BCUT2D eigenvalue weighted by molar-refractivity contribution is -0.131. The monoisotopic (exact) mass is 438 g/mol. The smallest absolute Gasteiger partial charge is 0.254 e. The third kappa shape index (κ3) is 4.98. The van der Waals surface area contributed by atoms with Crippen molar-refractivity contribution in [3.05, 3.63) is 53.1 Å².